The number of amides is 1. The fraction of sp³-hybridized carbons (Fsp3) is 0.125. The maximum atomic E-state index is 12.1. The van der Waals surface area contributed by atoms with Gasteiger partial charge in [0.2, 0.25) is 5.91 Å². The second kappa shape index (κ2) is 6.98. The van der Waals surface area contributed by atoms with Gasteiger partial charge in [-0.2, -0.15) is 0 Å². The highest BCUT2D eigenvalue weighted by molar-refractivity contribution is 8.01. The predicted octanol–water partition coefficient (Wildman–Crippen LogP) is 4.24. The fourth-order valence-electron chi connectivity index (χ4n) is 2.09. The van der Waals surface area contributed by atoms with Crippen molar-refractivity contribution in [3.8, 4) is 0 Å². The summed E-state index contributed by atoms with van der Waals surface area (Å²) in [5, 5.41) is 13.7. The van der Waals surface area contributed by atoms with Crippen LogP contribution in [-0.2, 0) is 4.79 Å². The Bertz CT molecular complexity index is 924. The van der Waals surface area contributed by atoms with Gasteiger partial charge in [-0.25, -0.2) is 4.98 Å². The van der Waals surface area contributed by atoms with Gasteiger partial charge in [-0.05, 0) is 24.6 Å². The van der Waals surface area contributed by atoms with E-state index in [0.717, 1.165) is 16.0 Å². The summed E-state index contributed by atoms with van der Waals surface area (Å²) >= 11 is 2.67. The van der Waals surface area contributed by atoms with Crippen LogP contribution >= 0.6 is 23.1 Å². The molecule has 1 amide bonds. The predicted molar refractivity (Wildman–Crippen MR) is 96.8 cm³/mol. The van der Waals surface area contributed by atoms with Crippen molar-refractivity contribution in [3.05, 3.63) is 58.1 Å². The van der Waals surface area contributed by atoms with Gasteiger partial charge in [0.25, 0.3) is 5.69 Å². The first-order chi connectivity index (χ1) is 11.5. The molecule has 1 heterocycles. The van der Waals surface area contributed by atoms with Gasteiger partial charge in [-0.1, -0.05) is 30.0 Å². The van der Waals surface area contributed by atoms with Crippen LogP contribution in [0.5, 0.6) is 0 Å². The quantitative estimate of drug-likeness (QED) is 0.418. The molecule has 0 aliphatic carbocycles. The van der Waals surface area contributed by atoms with Gasteiger partial charge in [0.15, 0.2) is 4.34 Å². The number of thiazole rings is 1. The zero-order valence-electron chi connectivity index (χ0n) is 12.7. The van der Waals surface area contributed by atoms with E-state index in [4.69, 9.17) is 0 Å². The molecule has 3 rings (SSSR count). The Morgan fingerprint density at radius 1 is 1.33 bits per heavy atom. The first kappa shape index (κ1) is 16.4. The number of carbonyl (C=O) groups is 1. The molecule has 2 aromatic carbocycles. The second-order valence-corrected chi connectivity index (χ2v) is 7.29. The van der Waals surface area contributed by atoms with E-state index < -0.39 is 4.92 Å². The average molecular weight is 359 g/mol. The molecule has 0 saturated heterocycles. The van der Waals surface area contributed by atoms with Crippen LogP contribution in [0.2, 0.25) is 0 Å². The molecule has 8 heteroatoms. The van der Waals surface area contributed by atoms with E-state index in [1.807, 2.05) is 31.2 Å². The maximum absolute atomic E-state index is 12.1. The van der Waals surface area contributed by atoms with Crippen molar-refractivity contribution >= 4 is 50.6 Å². The average Bonchev–Trinajstić information content (AvgIpc) is 2.97. The van der Waals surface area contributed by atoms with E-state index >= 15 is 0 Å². The van der Waals surface area contributed by atoms with Crippen LogP contribution in [0.15, 0.2) is 46.8 Å². The Balaban J connectivity index is 1.66. The third kappa shape index (κ3) is 3.72. The number of thioether (sulfide) groups is 1. The molecule has 1 aromatic heterocycles. The highest BCUT2D eigenvalue weighted by Gasteiger charge is 2.12. The smallest absolute Gasteiger partial charge is 0.270 e. The SMILES string of the molecule is Cc1ccccc1NC(=O)CSc1nc2ccc([N+](=O)[O-])cc2s1. The lowest BCUT2D eigenvalue weighted by molar-refractivity contribution is -0.384. The van der Waals surface area contributed by atoms with Crippen molar-refractivity contribution < 1.29 is 9.72 Å². The molecule has 3 aromatic rings. The van der Waals surface area contributed by atoms with Crippen molar-refractivity contribution in [2.45, 2.75) is 11.3 Å². The van der Waals surface area contributed by atoms with Gasteiger partial charge < -0.3 is 5.32 Å². The first-order valence-electron chi connectivity index (χ1n) is 7.06. The molecular weight excluding hydrogens is 346 g/mol. The van der Waals surface area contributed by atoms with Crippen LogP contribution in [0.3, 0.4) is 0 Å². The van der Waals surface area contributed by atoms with Gasteiger partial charge in [0, 0.05) is 17.8 Å². The number of benzene rings is 2. The van der Waals surface area contributed by atoms with Crippen LogP contribution in [0.25, 0.3) is 10.2 Å². The Morgan fingerprint density at radius 2 is 2.12 bits per heavy atom. The van der Waals surface area contributed by atoms with Gasteiger partial charge >= 0.3 is 0 Å². The number of rotatable bonds is 5. The zero-order valence-corrected chi connectivity index (χ0v) is 14.3. The van der Waals surface area contributed by atoms with Crippen molar-refractivity contribution in [1.29, 1.82) is 0 Å². The number of nitrogens with one attached hydrogen (secondary N) is 1. The molecule has 0 saturated carbocycles. The van der Waals surface area contributed by atoms with Crippen molar-refractivity contribution in [1.82, 2.24) is 4.98 Å². The first-order valence-corrected chi connectivity index (χ1v) is 8.86. The van der Waals surface area contributed by atoms with Crippen molar-refractivity contribution in [2.24, 2.45) is 0 Å². The molecule has 0 bridgehead atoms. The van der Waals surface area contributed by atoms with E-state index in [-0.39, 0.29) is 17.3 Å². The minimum absolute atomic E-state index is 0.0417. The van der Waals surface area contributed by atoms with E-state index in [1.165, 1.54) is 35.2 Å². The van der Waals surface area contributed by atoms with Crippen LogP contribution in [0.4, 0.5) is 11.4 Å². The number of anilines is 1. The molecule has 6 nitrogen and oxygen atoms in total. The number of para-hydroxylation sites is 1. The summed E-state index contributed by atoms with van der Waals surface area (Å²) in [5.74, 6) is 0.121. The second-order valence-electron chi connectivity index (χ2n) is 5.04. The Morgan fingerprint density at radius 3 is 2.88 bits per heavy atom. The summed E-state index contributed by atoms with van der Waals surface area (Å²) in [6.07, 6.45) is 0. The Kier molecular flexibility index (Phi) is 4.77. The monoisotopic (exact) mass is 359 g/mol. The summed E-state index contributed by atoms with van der Waals surface area (Å²) < 4.78 is 1.46. The van der Waals surface area contributed by atoms with Gasteiger partial charge in [-0.15, -0.1) is 11.3 Å². The number of nitro benzene ring substituents is 1. The number of hydrogen-bond acceptors (Lipinski definition) is 6. The van der Waals surface area contributed by atoms with E-state index in [9.17, 15) is 14.9 Å². The van der Waals surface area contributed by atoms with Gasteiger partial charge in [0.05, 0.1) is 20.9 Å². The number of nitrogens with zero attached hydrogens (tertiary/aromatic N) is 2. The summed E-state index contributed by atoms with van der Waals surface area (Å²) in [7, 11) is 0. The van der Waals surface area contributed by atoms with Crippen molar-refractivity contribution in [2.75, 3.05) is 11.1 Å². The van der Waals surface area contributed by atoms with E-state index in [2.05, 4.69) is 10.3 Å². The summed E-state index contributed by atoms with van der Waals surface area (Å²) in [6, 6.07) is 12.1. The van der Waals surface area contributed by atoms with E-state index in [1.54, 1.807) is 6.07 Å². The molecule has 1 N–H and O–H groups in total. The van der Waals surface area contributed by atoms with Crippen LogP contribution in [0, 0.1) is 17.0 Å². The number of nitro groups is 1. The minimum Gasteiger partial charge on any atom is -0.325 e. The van der Waals surface area contributed by atoms with Gasteiger partial charge in [0.1, 0.15) is 0 Å². The lowest BCUT2D eigenvalue weighted by atomic mass is 10.2. The standard InChI is InChI=1S/C16H13N3O3S2/c1-10-4-2-3-5-12(10)17-15(20)9-23-16-18-13-7-6-11(19(21)22)8-14(13)24-16/h2-8H,9H2,1H3,(H,17,20). The molecule has 0 fully saturated rings. The summed E-state index contributed by atoms with van der Waals surface area (Å²) in [6.45, 7) is 1.93. The largest absolute Gasteiger partial charge is 0.325 e. The lowest BCUT2D eigenvalue weighted by Gasteiger charge is -2.06. The number of aryl methyl sites for hydroxylation is 1. The molecule has 122 valence electrons. The van der Waals surface area contributed by atoms with Crippen molar-refractivity contribution in [3.63, 3.8) is 0 Å². The van der Waals surface area contributed by atoms with E-state index in [0.29, 0.717) is 9.86 Å². The number of carbonyl (C=O) groups excluding carboxylic acids is 1. The Hall–Kier alpha value is -2.45. The Labute approximate surface area is 146 Å². The molecule has 0 spiro atoms. The number of hydrogen-bond donors (Lipinski definition) is 1. The normalized spacial score (nSPS) is 10.7. The third-order valence-corrected chi connectivity index (χ3v) is 5.47. The zero-order chi connectivity index (χ0) is 17.1. The molecule has 0 radical (unpaired) electrons. The maximum Gasteiger partial charge on any atom is 0.270 e. The molecule has 0 unspecified atom stereocenters. The topological polar surface area (TPSA) is 85.1 Å². The fourth-order valence-corrected chi connectivity index (χ4v) is 4.00. The molecule has 0 aliphatic heterocycles. The highest BCUT2D eigenvalue weighted by Crippen LogP contribution is 2.31. The van der Waals surface area contributed by atoms with Crippen LogP contribution < -0.4 is 5.32 Å². The molecule has 24 heavy (non-hydrogen) atoms. The van der Waals surface area contributed by atoms with Crippen LogP contribution in [-0.4, -0.2) is 21.6 Å². The minimum atomic E-state index is -0.429. The molecular formula is C16H13N3O3S2. The molecule has 0 aliphatic rings. The summed E-state index contributed by atoms with van der Waals surface area (Å²) in [5.41, 5.74) is 2.54. The number of fused-ring (bicyclic) bond motifs is 1. The third-order valence-electron chi connectivity index (χ3n) is 3.31. The summed E-state index contributed by atoms with van der Waals surface area (Å²) in [4.78, 5) is 26.8. The molecule has 0 atom stereocenters. The number of non-ortho nitro benzene ring substituents is 1. The number of aromatic nitrogens is 1. The highest BCUT2D eigenvalue weighted by atomic mass is 32.2. The lowest BCUT2D eigenvalue weighted by Crippen LogP contribution is -2.14. The van der Waals surface area contributed by atoms with Crippen LogP contribution in [0.1, 0.15) is 5.56 Å². The van der Waals surface area contributed by atoms with Gasteiger partial charge in [-0.3, -0.25) is 14.9 Å².